The molecule has 0 radical (unpaired) electrons. The molecule has 0 saturated heterocycles. The molecule has 0 N–H and O–H groups in total. The summed E-state index contributed by atoms with van der Waals surface area (Å²) < 4.78 is 50.1. The number of nitriles is 1. The standard InChI is InChI=1S/C26H23F3N2O3/c1-2-33-25(32)21-10-7-14-31-24(21)19-12-13-23(20(16-19)17-30)34-15-6-5-9-18-8-3-4-11-22(18)26(27,28)29/h3-4,7-8,10-14,16H,2,5-6,9,15H2,1H3. The summed E-state index contributed by atoms with van der Waals surface area (Å²) in [4.78, 5) is 16.5. The minimum absolute atomic E-state index is 0.227. The molecule has 3 rings (SSSR count). The molecule has 8 heteroatoms. The quantitative estimate of drug-likeness (QED) is 0.275. The van der Waals surface area contributed by atoms with Crippen molar-refractivity contribution < 1.29 is 27.4 Å². The molecule has 0 aliphatic heterocycles. The van der Waals surface area contributed by atoms with Gasteiger partial charge in [0.25, 0.3) is 0 Å². The van der Waals surface area contributed by atoms with Gasteiger partial charge in [0.15, 0.2) is 0 Å². The number of esters is 1. The summed E-state index contributed by atoms with van der Waals surface area (Å²) in [7, 11) is 0. The Hall–Kier alpha value is -3.86. The zero-order valence-corrected chi connectivity index (χ0v) is 18.6. The van der Waals surface area contributed by atoms with Gasteiger partial charge in [0.2, 0.25) is 0 Å². The fraction of sp³-hybridized carbons (Fsp3) is 0.269. The Labute approximate surface area is 195 Å². The van der Waals surface area contributed by atoms with Gasteiger partial charge in [-0.2, -0.15) is 18.4 Å². The molecule has 0 saturated carbocycles. The zero-order valence-electron chi connectivity index (χ0n) is 18.6. The molecule has 0 amide bonds. The molecule has 0 atom stereocenters. The van der Waals surface area contributed by atoms with Crippen molar-refractivity contribution in [2.45, 2.75) is 32.4 Å². The van der Waals surface area contributed by atoms with Crippen LogP contribution in [0, 0.1) is 11.3 Å². The maximum Gasteiger partial charge on any atom is 0.416 e. The molecular formula is C26H23F3N2O3. The highest BCUT2D eigenvalue weighted by Gasteiger charge is 2.32. The van der Waals surface area contributed by atoms with Crippen molar-refractivity contribution in [1.29, 1.82) is 5.26 Å². The first-order valence-electron chi connectivity index (χ1n) is 10.8. The summed E-state index contributed by atoms with van der Waals surface area (Å²) in [5.74, 6) is -0.146. The summed E-state index contributed by atoms with van der Waals surface area (Å²) >= 11 is 0. The van der Waals surface area contributed by atoms with Gasteiger partial charge in [-0.15, -0.1) is 0 Å². The van der Waals surface area contributed by atoms with E-state index in [4.69, 9.17) is 9.47 Å². The van der Waals surface area contributed by atoms with Gasteiger partial charge < -0.3 is 9.47 Å². The number of aromatic nitrogens is 1. The zero-order chi connectivity index (χ0) is 24.6. The molecule has 34 heavy (non-hydrogen) atoms. The van der Waals surface area contributed by atoms with E-state index in [-0.39, 0.29) is 30.8 Å². The summed E-state index contributed by atoms with van der Waals surface area (Å²) in [6, 6.07) is 15.8. The van der Waals surface area contributed by atoms with Crippen LogP contribution < -0.4 is 4.74 Å². The first-order chi connectivity index (χ1) is 16.3. The third-order valence-electron chi connectivity index (χ3n) is 5.10. The Morgan fingerprint density at radius 3 is 2.62 bits per heavy atom. The van der Waals surface area contributed by atoms with Crippen LogP contribution >= 0.6 is 0 Å². The van der Waals surface area contributed by atoms with E-state index in [9.17, 15) is 23.2 Å². The summed E-state index contributed by atoms with van der Waals surface area (Å²) in [6.07, 6.45) is -1.53. The van der Waals surface area contributed by atoms with Crippen molar-refractivity contribution in [2.24, 2.45) is 0 Å². The molecule has 0 aliphatic rings. The molecule has 0 unspecified atom stereocenters. The van der Waals surface area contributed by atoms with Crippen molar-refractivity contribution in [2.75, 3.05) is 13.2 Å². The highest BCUT2D eigenvalue weighted by molar-refractivity contribution is 5.96. The summed E-state index contributed by atoms with van der Waals surface area (Å²) in [6.45, 7) is 2.19. The van der Waals surface area contributed by atoms with Crippen LogP contribution in [0.5, 0.6) is 5.75 Å². The van der Waals surface area contributed by atoms with E-state index in [1.54, 1.807) is 49.5 Å². The molecule has 1 heterocycles. The van der Waals surface area contributed by atoms with Crippen molar-refractivity contribution in [3.63, 3.8) is 0 Å². The topological polar surface area (TPSA) is 72.2 Å². The number of unbranched alkanes of at least 4 members (excludes halogenated alkanes) is 1. The lowest BCUT2D eigenvalue weighted by molar-refractivity contribution is -0.138. The van der Waals surface area contributed by atoms with Gasteiger partial charge in [-0.1, -0.05) is 18.2 Å². The number of hydrogen-bond donors (Lipinski definition) is 0. The summed E-state index contributed by atoms with van der Waals surface area (Å²) in [5, 5.41) is 9.56. The largest absolute Gasteiger partial charge is 0.492 e. The van der Waals surface area contributed by atoms with Gasteiger partial charge in [-0.05, 0) is 68.1 Å². The lowest BCUT2D eigenvalue weighted by Crippen LogP contribution is -2.09. The van der Waals surface area contributed by atoms with Crippen LogP contribution in [0.4, 0.5) is 13.2 Å². The fourth-order valence-corrected chi connectivity index (χ4v) is 3.51. The van der Waals surface area contributed by atoms with Gasteiger partial charge in [-0.3, -0.25) is 4.98 Å². The maximum absolute atomic E-state index is 13.1. The molecule has 0 bridgehead atoms. The average Bonchev–Trinajstić information content (AvgIpc) is 2.83. The first-order valence-corrected chi connectivity index (χ1v) is 10.8. The Morgan fingerprint density at radius 2 is 1.88 bits per heavy atom. The fourth-order valence-electron chi connectivity index (χ4n) is 3.51. The Bertz CT molecular complexity index is 1190. The highest BCUT2D eigenvalue weighted by Crippen LogP contribution is 2.32. The van der Waals surface area contributed by atoms with Crippen molar-refractivity contribution >= 4 is 5.97 Å². The van der Waals surface area contributed by atoms with Crippen LogP contribution in [0.3, 0.4) is 0 Å². The molecule has 1 aromatic heterocycles. The average molecular weight is 468 g/mol. The van der Waals surface area contributed by atoms with E-state index in [0.29, 0.717) is 35.4 Å². The van der Waals surface area contributed by atoms with E-state index in [0.717, 1.165) is 6.07 Å². The number of nitrogens with zero attached hydrogens (tertiary/aromatic N) is 2. The number of hydrogen-bond acceptors (Lipinski definition) is 5. The number of rotatable bonds is 9. The number of carbonyl (C=O) groups is 1. The van der Waals surface area contributed by atoms with Crippen LogP contribution in [0.2, 0.25) is 0 Å². The minimum atomic E-state index is -4.38. The third-order valence-corrected chi connectivity index (χ3v) is 5.10. The number of benzene rings is 2. The molecule has 176 valence electrons. The number of pyridine rings is 1. The Balaban J connectivity index is 1.64. The molecular weight excluding hydrogens is 445 g/mol. The second kappa shape index (κ2) is 11.3. The lowest BCUT2D eigenvalue weighted by Gasteiger charge is -2.13. The Morgan fingerprint density at radius 1 is 1.09 bits per heavy atom. The molecule has 3 aromatic rings. The number of aryl methyl sites for hydroxylation is 1. The second-order valence-electron chi connectivity index (χ2n) is 7.40. The van der Waals surface area contributed by atoms with Gasteiger partial charge in [0, 0.05) is 11.8 Å². The number of alkyl halides is 3. The van der Waals surface area contributed by atoms with Crippen molar-refractivity contribution in [3.05, 3.63) is 83.0 Å². The first kappa shape index (κ1) is 24.8. The monoisotopic (exact) mass is 468 g/mol. The second-order valence-corrected chi connectivity index (χ2v) is 7.40. The van der Waals surface area contributed by atoms with Crippen molar-refractivity contribution in [3.8, 4) is 23.1 Å². The lowest BCUT2D eigenvalue weighted by atomic mass is 10.0. The van der Waals surface area contributed by atoms with Crippen LogP contribution in [0.25, 0.3) is 11.3 Å². The van der Waals surface area contributed by atoms with Crippen LogP contribution in [0.1, 0.15) is 46.8 Å². The predicted octanol–water partition coefficient (Wildman–Crippen LogP) is 6.22. The number of carbonyl (C=O) groups excluding carboxylic acids is 1. The SMILES string of the molecule is CCOC(=O)c1cccnc1-c1ccc(OCCCCc2ccccc2C(F)(F)F)c(C#N)c1. The maximum atomic E-state index is 13.1. The summed E-state index contributed by atoms with van der Waals surface area (Å²) in [5.41, 5.74) is 1.16. The molecule has 0 fully saturated rings. The highest BCUT2D eigenvalue weighted by atomic mass is 19.4. The molecule has 2 aromatic carbocycles. The number of halogens is 3. The smallest absolute Gasteiger partial charge is 0.416 e. The molecule has 0 spiro atoms. The van der Waals surface area contributed by atoms with E-state index in [1.807, 2.05) is 0 Å². The normalized spacial score (nSPS) is 11.0. The van der Waals surface area contributed by atoms with Crippen molar-refractivity contribution in [1.82, 2.24) is 4.98 Å². The van der Waals surface area contributed by atoms with E-state index >= 15 is 0 Å². The van der Waals surface area contributed by atoms with Gasteiger partial charge in [0.05, 0.1) is 35.6 Å². The third kappa shape index (κ3) is 6.13. The predicted molar refractivity (Wildman–Crippen MR) is 120 cm³/mol. The van der Waals surface area contributed by atoms with Gasteiger partial charge in [-0.25, -0.2) is 4.79 Å². The Kier molecular flexibility index (Phi) is 8.25. The van der Waals surface area contributed by atoms with Crippen LogP contribution in [-0.2, 0) is 17.3 Å². The van der Waals surface area contributed by atoms with Gasteiger partial charge >= 0.3 is 12.1 Å². The van der Waals surface area contributed by atoms with E-state index in [2.05, 4.69) is 11.1 Å². The van der Waals surface area contributed by atoms with Gasteiger partial charge in [0.1, 0.15) is 11.8 Å². The molecule has 0 aliphatic carbocycles. The van der Waals surface area contributed by atoms with E-state index in [1.165, 1.54) is 12.1 Å². The van der Waals surface area contributed by atoms with Crippen LogP contribution in [-0.4, -0.2) is 24.2 Å². The minimum Gasteiger partial charge on any atom is -0.492 e. The molecule has 5 nitrogen and oxygen atoms in total. The number of ether oxygens (including phenoxy) is 2. The van der Waals surface area contributed by atoms with E-state index < -0.39 is 17.7 Å². The van der Waals surface area contributed by atoms with Crippen LogP contribution in [0.15, 0.2) is 60.8 Å².